The number of hydrogen-bond donors (Lipinski definition) is 1. The summed E-state index contributed by atoms with van der Waals surface area (Å²) in [6.07, 6.45) is -0.997. The Morgan fingerprint density at radius 1 is 1.08 bits per heavy atom. The van der Waals surface area contributed by atoms with Gasteiger partial charge in [0.05, 0.1) is 31.6 Å². The molecule has 14 nitrogen and oxygen atoms in total. The van der Waals surface area contributed by atoms with Gasteiger partial charge in [0.25, 0.3) is 17.1 Å². The number of fused-ring (bicyclic) bond motifs is 1. The van der Waals surface area contributed by atoms with Gasteiger partial charge in [-0.2, -0.15) is 0 Å². The number of hydrogen-bond acceptors (Lipinski definition) is 12. The second-order valence-corrected chi connectivity index (χ2v) is 10.9. The second kappa shape index (κ2) is 10.9. The summed E-state index contributed by atoms with van der Waals surface area (Å²) in [4.78, 5) is 56.1. The largest absolute Gasteiger partial charge is 0.486 e. The average Bonchev–Trinajstić information content (AvgIpc) is 2.83. The molecule has 3 unspecified atom stereocenters. The van der Waals surface area contributed by atoms with Crippen molar-refractivity contribution in [2.24, 2.45) is 5.92 Å². The number of nitrogens with two attached hydrogens (primary N) is 1. The van der Waals surface area contributed by atoms with Crippen molar-refractivity contribution < 1.29 is 33.8 Å². The summed E-state index contributed by atoms with van der Waals surface area (Å²) in [7, 11) is 0. The van der Waals surface area contributed by atoms with Crippen LogP contribution in [0, 0.1) is 36.3 Å². The molecule has 2 N–H and O–H groups in total. The highest BCUT2D eigenvalue weighted by molar-refractivity contribution is 9.09. The number of carbonyl (C=O) groups excluding carboxylic acids is 2. The molecular formula is C22H21BrN4O10S. The van der Waals surface area contributed by atoms with Crippen LogP contribution in [0.3, 0.4) is 0 Å². The van der Waals surface area contributed by atoms with Crippen molar-refractivity contribution in [1.82, 2.24) is 0 Å². The van der Waals surface area contributed by atoms with Crippen molar-refractivity contribution in [1.29, 1.82) is 0 Å². The Balaban J connectivity index is 1.78. The first-order valence-corrected chi connectivity index (χ1v) is 12.7. The molecule has 16 heteroatoms. The van der Waals surface area contributed by atoms with E-state index in [1.807, 2.05) is 0 Å². The number of esters is 1. The van der Waals surface area contributed by atoms with Crippen LogP contribution in [-0.4, -0.2) is 42.0 Å². The molecule has 2 aromatic carbocycles. The first-order valence-electron chi connectivity index (χ1n) is 10.8. The Hall–Kier alpha value is -3.79. The molecule has 0 radical (unpaired) electrons. The Bertz CT molecular complexity index is 1320. The van der Waals surface area contributed by atoms with Gasteiger partial charge in [-0.05, 0) is 13.8 Å². The van der Waals surface area contributed by atoms with E-state index >= 15 is 0 Å². The zero-order valence-electron chi connectivity index (χ0n) is 20.1. The fourth-order valence-electron chi connectivity index (χ4n) is 3.57. The van der Waals surface area contributed by atoms with Crippen molar-refractivity contribution in [2.45, 2.75) is 37.3 Å². The third kappa shape index (κ3) is 6.02. The topological polar surface area (TPSA) is 208 Å². The molecule has 0 bridgehead atoms. The van der Waals surface area contributed by atoms with E-state index in [-0.39, 0.29) is 34.0 Å². The lowest BCUT2D eigenvalue weighted by molar-refractivity contribution is -0.394. The summed E-state index contributed by atoms with van der Waals surface area (Å²) in [5, 5.41) is 32.8. The number of rotatable bonds is 8. The maximum Gasteiger partial charge on any atom is 0.310 e. The van der Waals surface area contributed by atoms with Crippen LogP contribution in [0.4, 0.5) is 22.7 Å². The monoisotopic (exact) mass is 612 g/mol. The number of non-ortho nitro benzene ring substituents is 2. The summed E-state index contributed by atoms with van der Waals surface area (Å²) in [6.45, 7) is 4.94. The summed E-state index contributed by atoms with van der Waals surface area (Å²) in [5.74, 6) is -1.48. The van der Waals surface area contributed by atoms with Crippen molar-refractivity contribution in [3.8, 4) is 5.75 Å². The molecule has 1 aliphatic rings. The molecule has 0 fully saturated rings. The standard InChI is InChI=1S/C22H21BrN4O10S/c1-10(9-38-21(29)11-4-12(25(30)31)6-13(5-11)26(32)33)20(28)36-18-14-7-16(27(34)35)15(24)8-17(14)37-22(2,3)19(18)23/h4-8,10,18-19H,9,24H2,1-3H3. The van der Waals surface area contributed by atoms with Gasteiger partial charge in [-0.1, -0.05) is 34.6 Å². The van der Waals surface area contributed by atoms with Gasteiger partial charge in [0.15, 0.2) is 0 Å². The molecule has 38 heavy (non-hydrogen) atoms. The highest BCUT2D eigenvalue weighted by Crippen LogP contribution is 2.48. The summed E-state index contributed by atoms with van der Waals surface area (Å²) < 4.78 is 11.6. The molecule has 3 atom stereocenters. The molecule has 202 valence electrons. The molecule has 2 aromatic rings. The number of nitro groups is 3. The number of thioether (sulfide) groups is 1. The Labute approximate surface area is 227 Å². The molecule has 0 spiro atoms. The number of nitro benzene ring substituents is 3. The fraction of sp³-hybridized carbons (Fsp3) is 0.364. The highest BCUT2D eigenvalue weighted by atomic mass is 79.9. The van der Waals surface area contributed by atoms with Crippen molar-refractivity contribution in [2.75, 3.05) is 11.5 Å². The molecule has 0 aliphatic carbocycles. The number of nitrogens with zero attached hydrogens (tertiary/aromatic N) is 3. The van der Waals surface area contributed by atoms with Gasteiger partial charge < -0.3 is 15.2 Å². The normalized spacial score (nSPS) is 18.4. The van der Waals surface area contributed by atoms with Crippen LogP contribution >= 0.6 is 27.7 Å². The second-order valence-electron chi connectivity index (χ2n) is 8.92. The minimum Gasteiger partial charge on any atom is -0.486 e. The van der Waals surface area contributed by atoms with Gasteiger partial charge in [-0.15, -0.1) is 0 Å². The molecule has 0 saturated carbocycles. The first-order chi connectivity index (χ1) is 17.6. The van der Waals surface area contributed by atoms with E-state index in [2.05, 4.69) is 15.9 Å². The number of ether oxygens (including phenoxy) is 2. The van der Waals surface area contributed by atoms with Crippen LogP contribution < -0.4 is 10.5 Å². The van der Waals surface area contributed by atoms with Crippen molar-refractivity contribution in [3.05, 3.63) is 71.8 Å². The quantitative estimate of drug-likeness (QED) is 0.141. The van der Waals surface area contributed by atoms with Crippen LogP contribution in [0.1, 0.15) is 42.8 Å². The third-order valence-electron chi connectivity index (χ3n) is 5.64. The SMILES string of the molecule is CC(CSC(=O)c1cc([N+](=O)[O-])cc([N+](=O)[O-])c1)C(=O)OC1c2cc([N+](=O)[O-])c(N)cc2OC(C)(C)C1Br. The number of anilines is 1. The van der Waals surface area contributed by atoms with Crippen LogP contribution in [0.15, 0.2) is 30.3 Å². The van der Waals surface area contributed by atoms with E-state index in [0.717, 1.165) is 18.2 Å². The van der Waals surface area contributed by atoms with E-state index in [9.17, 15) is 39.9 Å². The lowest BCUT2D eigenvalue weighted by atomic mass is 9.90. The van der Waals surface area contributed by atoms with E-state index < -0.39 is 59.7 Å². The van der Waals surface area contributed by atoms with Gasteiger partial charge in [0, 0.05) is 41.1 Å². The Morgan fingerprint density at radius 2 is 1.66 bits per heavy atom. The predicted octanol–water partition coefficient (Wildman–Crippen LogP) is 4.72. The number of carbonyl (C=O) groups is 2. The predicted molar refractivity (Wildman–Crippen MR) is 139 cm³/mol. The van der Waals surface area contributed by atoms with Crippen molar-refractivity contribution >= 4 is 61.5 Å². The first kappa shape index (κ1) is 28.8. The molecule has 0 aromatic heterocycles. The maximum absolute atomic E-state index is 13.0. The fourth-order valence-corrected chi connectivity index (χ4v) is 4.88. The van der Waals surface area contributed by atoms with E-state index in [1.54, 1.807) is 13.8 Å². The maximum atomic E-state index is 13.0. The lowest BCUT2D eigenvalue weighted by Crippen LogP contribution is -2.47. The minimum atomic E-state index is -0.997. The number of benzene rings is 2. The third-order valence-corrected chi connectivity index (χ3v) is 8.38. The lowest BCUT2D eigenvalue weighted by Gasteiger charge is -2.41. The van der Waals surface area contributed by atoms with Gasteiger partial charge in [0.1, 0.15) is 23.1 Å². The zero-order chi connectivity index (χ0) is 28.5. The van der Waals surface area contributed by atoms with Gasteiger partial charge in [-0.3, -0.25) is 39.9 Å². The molecule has 0 amide bonds. The van der Waals surface area contributed by atoms with Crippen LogP contribution in [0.5, 0.6) is 5.75 Å². The smallest absolute Gasteiger partial charge is 0.310 e. The molecule has 3 rings (SSSR count). The van der Waals surface area contributed by atoms with Gasteiger partial charge >= 0.3 is 5.97 Å². The summed E-state index contributed by atoms with van der Waals surface area (Å²) >= 11 is 4.10. The highest BCUT2D eigenvalue weighted by Gasteiger charge is 2.46. The molecule has 0 saturated heterocycles. The molecule has 1 heterocycles. The number of nitrogen functional groups attached to an aromatic ring is 1. The minimum absolute atomic E-state index is 0.109. The van der Waals surface area contributed by atoms with E-state index in [1.165, 1.54) is 19.1 Å². The summed E-state index contributed by atoms with van der Waals surface area (Å²) in [5.41, 5.74) is 3.13. The van der Waals surface area contributed by atoms with Gasteiger partial charge in [0.2, 0.25) is 5.12 Å². The van der Waals surface area contributed by atoms with Crippen LogP contribution in [-0.2, 0) is 9.53 Å². The molecule has 1 aliphatic heterocycles. The van der Waals surface area contributed by atoms with Crippen molar-refractivity contribution in [3.63, 3.8) is 0 Å². The molecular weight excluding hydrogens is 592 g/mol. The van der Waals surface area contributed by atoms with Crippen LogP contribution in [0.25, 0.3) is 0 Å². The van der Waals surface area contributed by atoms with Crippen LogP contribution in [0.2, 0.25) is 0 Å². The average molecular weight is 613 g/mol. The van der Waals surface area contributed by atoms with E-state index in [0.29, 0.717) is 11.8 Å². The van der Waals surface area contributed by atoms with E-state index in [4.69, 9.17) is 15.2 Å². The van der Waals surface area contributed by atoms with Gasteiger partial charge in [-0.25, -0.2) is 0 Å². The number of halogens is 1. The zero-order valence-corrected chi connectivity index (χ0v) is 22.5. The summed E-state index contributed by atoms with van der Waals surface area (Å²) in [6, 6.07) is 5.06. The number of alkyl halides is 1. The Kier molecular flexibility index (Phi) is 8.26. The Morgan fingerprint density at radius 3 is 2.18 bits per heavy atom.